The summed E-state index contributed by atoms with van der Waals surface area (Å²) in [5.74, 6) is 0.876. The van der Waals surface area contributed by atoms with E-state index in [-0.39, 0.29) is 0 Å². The maximum absolute atomic E-state index is 4.52. The van der Waals surface area contributed by atoms with Gasteiger partial charge in [-0.2, -0.15) is 0 Å². The molecule has 4 heteroatoms. The van der Waals surface area contributed by atoms with Crippen LogP contribution in [0.25, 0.3) is 0 Å². The highest BCUT2D eigenvalue weighted by Crippen LogP contribution is 2.01. The molecule has 16 heavy (non-hydrogen) atoms. The van der Waals surface area contributed by atoms with Gasteiger partial charge in [-0.15, -0.1) is 0 Å². The summed E-state index contributed by atoms with van der Waals surface area (Å²) >= 11 is 0. The highest BCUT2D eigenvalue weighted by atomic mass is 15.2. The van der Waals surface area contributed by atoms with Crippen LogP contribution in [0.15, 0.2) is 23.5 Å². The lowest BCUT2D eigenvalue weighted by Gasteiger charge is -2.13. The van der Waals surface area contributed by atoms with Gasteiger partial charge in [-0.3, -0.25) is 0 Å². The standard InChI is InChI=1S/C12H22N4/c1-5-13-12(15-10(2)3)14-8-11-6-7-16(4)9-11/h6-7,9-10H,5,8H2,1-4H3,(H2,13,14,15). The van der Waals surface area contributed by atoms with Crippen molar-refractivity contribution in [3.05, 3.63) is 24.0 Å². The van der Waals surface area contributed by atoms with Crippen LogP contribution in [-0.4, -0.2) is 23.1 Å². The number of hydrogen-bond donors (Lipinski definition) is 2. The number of nitrogens with zero attached hydrogens (tertiary/aromatic N) is 2. The van der Waals surface area contributed by atoms with Crippen LogP contribution in [0.5, 0.6) is 0 Å². The van der Waals surface area contributed by atoms with Crippen LogP contribution in [0, 0.1) is 0 Å². The summed E-state index contributed by atoms with van der Waals surface area (Å²) in [6.07, 6.45) is 4.12. The summed E-state index contributed by atoms with van der Waals surface area (Å²) in [4.78, 5) is 4.52. The minimum absolute atomic E-state index is 0.397. The van der Waals surface area contributed by atoms with Gasteiger partial charge in [0.1, 0.15) is 0 Å². The van der Waals surface area contributed by atoms with Crippen molar-refractivity contribution in [2.45, 2.75) is 33.4 Å². The van der Waals surface area contributed by atoms with Crippen molar-refractivity contribution in [3.63, 3.8) is 0 Å². The van der Waals surface area contributed by atoms with Gasteiger partial charge >= 0.3 is 0 Å². The van der Waals surface area contributed by atoms with Crippen molar-refractivity contribution in [2.75, 3.05) is 6.54 Å². The molecule has 0 atom stereocenters. The number of aryl methyl sites for hydroxylation is 1. The lowest BCUT2D eigenvalue weighted by Crippen LogP contribution is -2.40. The molecule has 0 amide bonds. The van der Waals surface area contributed by atoms with Crippen LogP contribution in [0.4, 0.5) is 0 Å². The zero-order valence-corrected chi connectivity index (χ0v) is 10.6. The molecule has 0 spiro atoms. The summed E-state index contributed by atoms with van der Waals surface area (Å²) in [5.41, 5.74) is 1.23. The van der Waals surface area contributed by atoms with Gasteiger partial charge in [0.2, 0.25) is 0 Å². The molecule has 0 aliphatic heterocycles. The lowest BCUT2D eigenvalue weighted by atomic mass is 10.3. The molecule has 0 aliphatic carbocycles. The molecule has 90 valence electrons. The van der Waals surface area contributed by atoms with E-state index in [0.717, 1.165) is 12.5 Å². The summed E-state index contributed by atoms with van der Waals surface area (Å²) in [6.45, 7) is 7.88. The molecule has 0 aromatic carbocycles. The van der Waals surface area contributed by atoms with Crippen LogP contribution in [-0.2, 0) is 13.6 Å². The van der Waals surface area contributed by atoms with E-state index in [0.29, 0.717) is 12.6 Å². The molecular weight excluding hydrogens is 200 g/mol. The lowest BCUT2D eigenvalue weighted by molar-refractivity contribution is 0.700. The van der Waals surface area contributed by atoms with Crippen molar-refractivity contribution in [3.8, 4) is 0 Å². The van der Waals surface area contributed by atoms with Crippen LogP contribution in [0.1, 0.15) is 26.3 Å². The summed E-state index contributed by atoms with van der Waals surface area (Å²) in [7, 11) is 2.02. The number of hydrogen-bond acceptors (Lipinski definition) is 1. The normalized spacial score (nSPS) is 11.9. The maximum Gasteiger partial charge on any atom is 0.191 e. The first-order valence-corrected chi connectivity index (χ1v) is 5.77. The number of aliphatic imine (C=N–C) groups is 1. The second-order valence-electron chi connectivity index (χ2n) is 4.18. The molecule has 1 aromatic heterocycles. The van der Waals surface area contributed by atoms with Gasteiger partial charge in [0, 0.05) is 32.0 Å². The molecule has 2 N–H and O–H groups in total. The average Bonchev–Trinajstić information content (AvgIpc) is 2.60. The average molecular weight is 222 g/mol. The van der Waals surface area contributed by atoms with Gasteiger partial charge in [-0.1, -0.05) is 0 Å². The molecule has 0 saturated carbocycles. The molecule has 0 saturated heterocycles. The fraction of sp³-hybridized carbons (Fsp3) is 0.583. The Labute approximate surface area is 97.8 Å². The van der Waals surface area contributed by atoms with E-state index in [1.807, 2.05) is 17.8 Å². The quantitative estimate of drug-likeness (QED) is 0.598. The molecule has 0 aliphatic rings. The second-order valence-corrected chi connectivity index (χ2v) is 4.18. The summed E-state index contributed by atoms with van der Waals surface area (Å²) in [6, 6.07) is 2.48. The molecule has 0 fully saturated rings. The van der Waals surface area contributed by atoms with Gasteiger partial charge in [-0.25, -0.2) is 4.99 Å². The topological polar surface area (TPSA) is 41.4 Å². The minimum Gasteiger partial charge on any atom is -0.357 e. The molecule has 0 unspecified atom stereocenters. The first kappa shape index (κ1) is 12.6. The Balaban J connectivity index is 2.56. The molecule has 0 bridgehead atoms. The molecular formula is C12H22N4. The number of guanidine groups is 1. The first-order valence-electron chi connectivity index (χ1n) is 5.77. The maximum atomic E-state index is 4.52. The van der Waals surface area contributed by atoms with Crippen molar-refractivity contribution in [1.82, 2.24) is 15.2 Å². The Morgan fingerprint density at radius 3 is 2.75 bits per heavy atom. The predicted molar refractivity (Wildman–Crippen MR) is 68.5 cm³/mol. The monoisotopic (exact) mass is 222 g/mol. The van der Waals surface area contributed by atoms with Gasteiger partial charge in [0.15, 0.2) is 5.96 Å². The van der Waals surface area contributed by atoms with Crippen LogP contribution < -0.4 is 10.6 Å². The Kier molecular flexibility index (Phi) is 4.89. The molecule has 0 radical (unpaired) electrons. The van der Waals surface area contributed by atoms with E-state index >= 15 is 0 Å². The zero-order valence-electron chi connectivity index (χ0n) is 10.6. The molecule has 1 rings (SSSR count). The smallest absolute Gasteiger partial charge is 0.191 e. The van der Waals surface area contributed by atoms with Crippen molar-refractivity contribution < 1.29 is 0 Å². The van der Waals surface area contributed by atoms with Crippen LogP contribution in [0.3, 0.4) is 0 Å². The van der Waals surface area contributed by atoms with E-state index in [9.17, 15) is 0 Å². The Hall–Kier alpha value is -1.45. The van der Waals surface area contributed by atoms with Gasteiger partial charge in [0.05, 0.1) is 6.54 Å². The van der Waals surface area contributed by atoms with Gasteiger partial charge < -0.3 is 15.2 Å². The predicted octanol–water partition coefficient (Wildman–Crippen LogP) is 1.49. The first-order chi connectivity index (χ1) is 7.61. The van der Waals surface area contributed by atoms with Crippen LogP contribution >= 0.6 is 0 Å². The largest absolute Gasteiger partial charge is 0.357 e. The second kappa shape index (κ2) is 6.20. The third kappa shape index (κ3) is 4.38. The van der Waals surface area contributed by atoms with E-state index in [2.05, 4.69) is 48.7 Å². The van der Waals surface area contributed by atoms with Gasteiger partial charge in [0.25, 0.3) is 0 Å². The Bertz CT molecular complexity index is 339. The van der Waals surface area contributed by atoms with Crippen molar-refractivity contribution in [2.24, 2.45) is 12.0 Å². The SMILES string of the molecule is CCNC(=NCc1ccn(C)c1)NC(C)C. The molecule has 1 aromatic rings. The molecule has 1 heterocycles. The van der Waals surface area contributed by atoms with E-state index < -0.39 is 0 Å². The van der Waals surface area contributed by atoms with E-state index in [1.54, 1.807) is 0 Å². The van der Waals surface area contributed by atoms with Crippen molar-refractivity contribution in [1.29, 1.82) is 0 Å². The molecule has 4 nitrogen and oxygen atoms in total. The number of rotatable bonds is 4. The highest BCUT2D eigenvalue weighted by Gasteiger charge is 1.99. The van der Waals surface area contributed by atoms with Crippen LogP contribution in [0.2, 0.25) is 0 Å². The summed E-state index contributed by atoms with van der Waals surface area (Å²) < 4.78 is 2.04. The summed E-state index contributed by atoms with van der Waals surface area (Å²) in [5, 5.41) is 6.51. The zero-order chi connectivity index (χ0) is 12.0. The minimum atomic E-state index is 0.397. The Morgan fingerprint density at radius 1 is 1.50 bits per heavy atom. The highest BCUT2D eigenvalue weighted by molar-refractivity contribution is 5.79. The number of aromatic nitrogens is 1. The fourth-order valence-corrected chi connectivity index (χ4v) is 1.42. The van der Waals surface area contributed by atoms with Gasteiger partial charge in [-0.05, 0) is 32.4 Å². The third-order valence-electron chi connectivity index (χ3n) is 2.08. The van der Waals surface area contributed by atoms with E-state index in [4.69, 9.17) is 0 Å². The third-order valence-corrected chi connectivity index (χ3v) is 2.08. The van der Waals surface area contributed by atoms with Crippen molar-refractivity contribution >= 4 is 5.96 Å². The van der Waals surface area contributed by atoms with E-state index in [1.165, 1.54) is 5.56 Å². The fourth-order valence-electron chi connectivity index (χ4n) is 1.42. The Morgan fingerprint density at radius 2 is 2.25 bits per heavy atom. The number of nitrogens with one attached hydrogen (secondary N) is 2.